The molecule has 2 fully saturated rings. The van der Waals surface area contributed by atoms with Crippen molar-refractivity contribution in [3.05, 3.63) is 0 Å². The van der Waals surface area contributed by atoms with Gasteiger partial charge in [0, 0.05) is 0 Å². The molecule has 2 heterocycles. The molecule has 0 aromatic carbocycles. The largest absolute Gasteiger partial charge is 0.468 e. The highest BCUT2D eigenvalue weighted by molar-refractivity contribution is 5.81. The minimum atomic E-state index is -0.396. The van der Waals surface area contributed by atoms with Gasteiger partial charge in [-0.25, -0.2) is 0 Å². The molecule has 2 saturated heterocycles. The van der Waals surface area contributed by atoms with Crippen LogP contribution in [0.25, 0.3) is 0 Å². The van der Waals surface area contributed by atoms with Gasteiger partial charge >= 0.3 is 5.97 Å². The summed E-state index contributed by atoms with van der Waals surface area (Å²) in [5.74, 6) is 0.394. The molecule has 4 nitrogen and oxygen atoms in total. The average molecular weight is 254 g/mol. The van der Waals surface area contributed by atoms with Crippen molar-refractivity contribution in [2.45, 2.75) is 44.6 Å². The summed E-state index contributed by atoms with van der Waals surface area (Å²) in [6.07, 6.45) is 5.46. The number of hydrogen-bond donors (Lipinski definition) is 1. The number of hydrogen-bond acceptors (Lipinski definition) is 4. The second kappa shape index (κ2) is 6.02. The molecule has 0 aromatic heterocycles. The van der Waals surface area contributed by atoms with Crippen molar-refractivity contribution >= 4 is 5.97 Å². The molecule has 0 amide bonds. The molecule has 0 bridgehead atoms. The number of rotatable bonds is 3. The molecular formula is C14H26N2O2. The molecule has 1 atom stereocenters. The summed E-state index contributed by atoms with van der Waals surface area (Å²) in [7, 11) is 1.52. The zero-order chi connectivity index (χ0) is 13.0. The smallest absolute Gasteiger partial charge is 0.326 e. The molecule has 2 aliphatic rings. The summed E-state index contributed by atoms with van der Waals surface area (Å²) < 4.78 is 5.08. The van der Waals surface area contributed by atoms with Gasteiger partial charge in [0.25, 0.3) is 0 Å². The number of likely N-dealkylation sites (tertiary alicyclic amines) is 1. The van der Waals surface area contributed by atoms with Gasteiger partial charge in [0.15, 0.2) is 0 Å². The van der Waals surface area contributed by atoms with E-state index in [1.54, 1.807) is 0 Å². The monoisotopic (exact) mass is 254 g/mol. The number of nitrogens with one attached hydrogen (secondary N) is 1. The molecule has 18 heavy (non-hydrogen) atoms. The number of methoxy groups -OCH3 is 1. The van der Waals surface area contributed by atoms with Crippen LogP contribution in [0, 0.1) is 5.92 Å². The molecule has 0 aliphatic carbocycles. The van der Waals surface area contributed by atoms with Crippen LogP contribution >= 0.6 is 0 Å². The fourth-order valence-corrected chi connectivity index (χ4v) is 3.54. The van der Waals surface area contributed by atoms with Gasteiger partial charge in [-0.05, 0) is 64.2 Å². The van der Waals surface area contributed by atoms with Gasteiger partial charge in [0.2, 0.25) is 0 Å². The second-order valence-electron chi connectivity index (χ2n) is 5.56. The van der Waals surface area contributed by atoms with Gasteiger partial charge in [0.1, 0.15) is 5.54 Å². The molecule has 0 radical (unpaired) electrons. The van der Waals surface area contributed by atoms with E-state index in [2.05, 4.69) is 17.1 Å². The van der Waals surface area contributed by atoms with Crippen LogP contribution < -0.4 is 5.32 Å². The predicted octanol–water partition coefficient (Wildman–Crippen LogP) is 1.40. The minimum Gasteiger partial charge on any atom is -0.468 e. The Bertz CT molecular complexity index is 280. The third-order valence-electron chi connectivity index (χ3n) is 4.72. The number of nitrogens with zero attached hydrogens (tertiary/aromatic N) is 1. The summed E-state index contributed by atoms with van der Waals surface area (Å²) in [5, 5.41) is 3.49. The Labute approximate surface area is 110 Å². The van der Waals surface area contributed by atoms with Crippen molar-refractivity contribution in [3.8, 4) is 0 Å². The van der Waals surface area contributed by atoms with E-state index in [0.717, 1.165) is 51.9 Å². The normalized spacial score (nSPS) is 31.2. The van der Waals surface area contributed by atoms with Crippen LogP contribution in [0.4, 0.5) is 0 Å². The number of esters is 1. The summed E-state index contributed by atoms with van der Waals surface area (Å²) in [6.45, 7) is 6.49. The lowest BCUT2D eigenvalue weighted by molar-refractivity contribution is -0.153. The van der Waals surface area contributed by atoms with Crippen LogP contribution in [-0.2, 0) is 9.53 Å². The van der Waals surface area contributed by atoms with Gasteiger partial charge in [-0.2, -0.15) is 0 Å². The topological polar surface area (TPSA) is 41.6 Å². The van der Waals surface area contributed by atoms with Crippen molar-refractivity contribution in [2.24, 2.45) is 5.92 Å². The molecule has 0 aromatic rings. The maximum absolute atomic E-state index is 12.2. The molecule has 2 rings (SSSR count). The van der Waals surface area contributed by atoms with E-state index in [-0.39, 0.29) is 5.97 Å². The van der Waals surface area contributed by atoms with Crippen molar-refractivity contribution in [1.82, 2.24) is 10.2 Å². The molecule has 2 aliphatic heterocycles. The third-order valence-corrected chi connectivity index (χ3v) is 4.72. The number of ether oxygens (including phenoxy) is 1. The standard InChI is InChI=1S/C14H26N2O2/c1-3-16-10-6-12(7-11-16)14(13(17)18-2)8-4-5-9-15-14/h12,15H,3-11H2,1-2H3. The molecule has 4 heteroatoms. The van der Waals surface area contributed by atoms with Crippen LogP contribution in [0.2, 0.25) is 0 Å². The Hall–Kier alpha value is -0.610. The van der Waals surface area contributed by atoms with Gasteiger partial charge in [-0.1, -0.05) is 6.92 Å². The Balaban J connectivity index is 2.07. The zero-order valence-electron chi connectivity index (χ0n) is 11.7. The van der Waals surface area contributed by atoms with Crippen LogP contribution in [-0.4, -0.2) is 49.7 Å². The second-order valence-corrected chi connectivity index (χ2v) is 5.56. The molecule has 1 unspecified atom stereocenters. The van der Waals surface area contributed by atoms with E-state index in [1.165, 1.54) is 13.5 Å². The van der Waals surface area contributed by atoms with Gasteiger partial charge < -0.3 is 15.0 Å². The third kappa shape index (κ3) is 2.54. The van der Waals surface area contributed by atoms with Gasteiger partial charge in [0.05, 0.1) is 7.11 Å². The number of piperidine rings is 2. The van der Waals surface area contributed by atoms with E-state index in [1.807, 2.05) is 0 Å². The van der Waals surface area contributed by atoms with E-state index in [9.17, 15) is 4.79 Å². The lowest BCUT2D eigenvalue weighted by Gasteiger charge is -2.45. The molecule has 104 valence electrons. The first-order valence-electron chi connectivity index (χ1n) is 7.28. The first-order valence-corrected chi connectivity index (χ1v) is 7.28. The first kappa shape index (κ1) is 13.8. The number of carbonyl (C=O) groups is 1. The molecule has 1 N–H and O–H groups in total. The maximum Gasteiger partial charge on any atom is 0.326 e. The van der Waals surface area contributed by atoms with Crippen molar-refractivity contribution in [2.75, 3.05) is 33.3 Å². The SMILES string of the molecule is CCN1CCC(C2(C(=O)OC)CCCCN2)CC1. The fourth-order valence-electron chi connectivity index (χ4n) is 3.54. The Kier molecular flexibility index (Phi) is 4.62. The zero-order valence-corrected chi connectivity index (χ0v) is 11.7. The van der Waals surface area contributed by atoms with E-state index in [4.69, 9.17) is 4.74 Å². The molecule has 0 saturated carbocycles. The summed E-state index contributed by atoms with van der Waals surface area (Å²) in [4.78, 5) is 14.7. The van der Waals surface area contributed by atoms with Crippen molar-refractivity contribution < 1.29 is 9.53 Å². The summed E-state index contributed by atoms with van der Waals surface area (Å²) in [5.41, 5.74) is -0.396. The van der Waals surface area contributed by atoms with E-state index >= 15 is 0 Å². The summed E-state index contributed by atoms with van der Waals surface area (Å²) >= 11 is 0. The fraction of sp³-hybridized carbons (Fsp3) is 0.929. The van der Waals surface area contributed by atoms with E-state index in [0.29, 0.717) is 5.92 Å². The lowest BCUT2D eigenvalue weighted by atomic mass is 9.73. The first-order chi connectivity index (χ1) is 8.73. The quantitative estimate of drug-likeness (QED) is 0.773. The van der Waals surface area contributed by atoms with Crippen molar-refractivity contribution in [1.29, 1.82) is 0 Å². The van der Waals surface area contributed by atoms with Crippen LogP contribution in [0.15, 0.2) is 0 Å². The highest BCUT2D eigenvalue weighted by atomic mass is 16.5. The lowest BCUT2D eigenvalue weighted by Crippen LogP contribution is -2.61. The van der Waals surface area contributed by atoms with Crippen LogP contribution in [0.1, 0.15) is 39.0 Å². The van der Waals surface area contributed by atoms with Gasteiger partial charge in [-0.15, -0.1) is 0 Å². The molecular weight excluding hydrogens is 228 g/mol. The maximum atomic E-state index is 12.2. The Morgan fingerprint density at radius 3 is 2.61 bits per heavy atom. The Morgan fingerprint density at radius 1 is 1.39 bits per heavy atom. The van der Waals surface area contributed by atoms with E-state index < -0.39 is 5.54 Å². The number of carbonyl (C=O) groups excluding carboxylic acids is 1. The van der Waals surface area contributed by atoms with Crippen LogP contribution in [0.5, 0.6) is 0 Å². The summed E-state index contributed by atoms with van der Waals surface area (Å²) in [6, 6.07) is 0. The average Bonchev–Trinajstić information content (AvgIpc) is 2.47. The minimum absolute atomic E-state index is 0.0443. The Morgan fingerprint density at radius 2 is 2.11 bits per heavy atom. The molecule has 0 spiro atoms. The highest BCUT2D eigenvalue weighted by Gasteiger charge is 2.47. The highest BCUT2D eigenvalue weighted by Crippen LogP contribution is 2.35. The van der Waals surface area contributed by atoms with Gasteiger partial charge in [-0.3, -0.25) is 4.79 Å². The predicted molar refractivity (Wildman–Crippen MR) is 71.4 cm³/mol. The van der Waals surface area contributed by atoms with Crippen LogP contribution in [0.3, 0.4) is 0 Å². The van der Waals surface area contributed by atoms with Crippen molar-refractivity contribution in [3.63, 3.8) is 0 Å².